The van der Waals surface area contributed by atoms with Crippen molar-refractivity contribution in [3.05, 3.63) is 65.6 Å². The molecule has 0 bridgehead atoms. The first-order valence-corrected chi connectivity index (χ1v) is 11.5. The van der Waals surface area contributed by atoms with E-state index in [0.29, 0.717) is 11.6 Å². The van der Waals surface area contributed by atoms with E-state index < -0.39 is 0 Å². The van der Waals surface area contributed by atoms with Crippen LogP contribution in [0.15, 0.2) is 52.4 Å². The number of nitrogens with zero attached hydrogens (tertiary/aromatic N) is 6. The van der Waals surface area contributed by atoms with Gasteiger partial charge >= 0.3 is 0 Å². The van der Waals surface area contributed by atoms with Crippen LogP contribution in [0, 0.1) is 0 Å². The van der Waals surface area contributed by atoms with E-state index in [1.807, 2.05) is 32.2 Å². The average molecular weight is 435 g/mol. The molecule has 0 aliphatic rings. The van der Waals surface area contributed by atoms with Crippen LogP contribution < -0.4 is 0 Å². The largest absolute Gasteiger partial charge is 0.338 e. The van der Waals surface area contributed by atoms with Gasteiger partial charge in [-0.3, -0.25) is 9.55 Å². The van der Waals surface area contributed by atoms with Gasteiger partial charge in [0.15, 0.2) is 16.8 Å². The van der Waals surface area contributed by atoms with E-state index in [4.69, 9.17) is 4.52 Å². The van der Waals surface area contributed by atoms with Crippen LogP contribution in [0.4, 0.5) is 0 Å². The number of thioether (sulfide) groups is 1. The van der Waals surface area contributed by atoms with Gasteiger partial charge in [-0.25, -0.2) is 0 Å². The summed E-state index contributed by atoms with van der Waals surface area (Å²) in [5.41, 5.74) is 4.58. The predicted molar refractivity (Wildman–Crippen MR) is 121 cm³/mol. The molecule has 1 aromatic carbocycles. The molecule has 0 saturated carbocycles. The summed E-state index contributed by atoms with van der Waals surface area (Å²) in [6.45, 7) is 8.44. The number of rotatable bonds is 8. The molecule has 0 aliphatic heterocycles. The van der Waals surface area contributed by atoms with Gasteiger partial charge in [0.1, 0.15) is 0 Å². The van der Waals surface area contributed by atoms with Crippen molar-refractivity contribution in [2.75, 3.05) is 0 Å². The Labute approximate surface area is 186 Å². The van der Waals surface area contributed by atoms with Gasteiger partial charge in [-0.2, -0.15) is 4.98 Å². The van der Waals surface area contributed by atoms with E-state index in [2.05, 4.69) is 61.9 Å². The molecule has 0 radical (unpaired) electrons. The van der Waals surface area contributed by atoms with E-state index in [1.165, 1.54) is 11.1 Å². The van der Waals surface area contributed by atoms with Crippen LogP contribution >= 0.6 is 11.8 Å². The van der Waals surface area contributed by atoms with Crippen LogP contribution in [0.25, 0.3) is 17.1 Å². The molecule has 4 rings (SSSR count). The highest BCUT2D eigenvalue weighted by atomic mass is 32.2. The molecule has 160 valence electrons. The molecule has 0 saturated heterocycles. The summed E-state index contributed by atoms with van der Waals surface area (Å²) in [5.74, 6) is 2.84. The molecule has 3 heterocycles. The second-order valence-electron chi connectivity index (χ2n) is 7.50. The van der Waals surface area contributed by atoms with Crippen molar-refractivity contribution in [1.82, 2.24) is 29.9 Å². The number of aromatic nitrogens is 6. The maximum absolute atomic E-state index is 5.43. The summed E-state index contributed by atoms with van der Waals surface area (Å²) in [6.07, 6.45) is 5.42. The van der Waals surface area contributed by atoms with Gasteiger partial charge in [0.2, 0.25) is 5.89 Å². The monoisotopic (exact) mass is 434 g/mol. The van der Waals surface area contributed by atoms with Crippen molar-refractivity contribution >= 4 is 11.8 Å². The zero-order valence-corrected chi connectivity index (χ0v) is 19.1. The minimum atomic E-state index is 0.229. The third kappa shape index (κ3) is 4.39. The first-order valence-electron chi connectivity index (χ1n) is 10.5. The van der Waals surface area contributed by atoms with Crippen LogP contribution in [-0.2, 0) is 18.6 Å². The second kappa shape index (κ2) is 9.43. The van der Waals surface area contributed by atoms with Gasteiger partial charge in [0, 0.05) is 23.9 Å². The van der Waals surface area contributed by atoms with Crippen LogP contribution in [0.5, 0.6) is 0 Å². The van der Waals surface area contributed by atoms with Crippen molar-refractivity contribution in [3.63, 3.8) is 0 Å². The zero-order chi connectivity index (χ0) is 21.8. The lowest BCUT2D eigenvalue weighted by atomic mass is 10.0. The summed E-state index contributed by atoms with van der Waals surface area (Å²) in [6, 6.07) is 10.4. The average Bonchev–Trinajstić information content (AvgIpc) is 3.45. The Morgan fingerprint density at radius 3 is 2.42 bits per heavy atom. The van der Waals surface area contributed by atoms with Crippen LogP contribution in [0.1, 0.15) is 56.5 Å². The summed E-state index contributed by atoms with van der Waals surface area (Å²) < 4.78 is 7.58. The number of hydrogen-bond donors (Lipinski definition) is 0. The standard InChI is InChI=1S/C23H26N6OS/c1-5-16-9-7-10-17(6-2)20(16)29-22(18-11-8-12-24-13-18)26-27-23(29)31-14-19-25-21(15(3)4)28-30-19/h7-13,15H,5-6,14H2,1-4H3. The first kappa shape index (κ1) is 21.2. The highest BCUT2D eigenvalue weighted by molar-refractivity contribution is 7.98. The fourth-order valence-electron chi connectivity index (χ4n) is 3.44. The number of hydrogen-bond acceptors (Lipinski definition) is 7. The molecule has 0 fully saturated rings. The fraction of sp³-hybridized carbons (Fsp3) is 0.348. The van der Waals surface area contributed by atoms with Crippen LogP contribution in [0.2, 0.25) is 0 Å². The molecule has 4 aromatic rings. The predicted octanol–water partition coefficient (Wildman–Crippen LogP) is 5.25. The molecular formula is C23H26N6OS. The number of para-hydroxylation sites is 1. The van der Waals surface area contributed by atoms with Gasteiger partial charge in [0.25, 0.3) is 0 Å². The molecule has 31 heavy (non-hydrogen) atoms. The summed E-state index contributed by atoms with van der Waals surface area (Å²) >= 11 is 1.55. The first-order chi connectivity index (χ1) is 15.1. The molecule has 3 aromatic heterocycles. The molecule has 0 amide bonds. The van der Waals surface area contributed by atoms with Gasteiger partial charge in [-0.15, -0.1) is 10.2 Å². The van der Waals surface area contributed by atoms with E-state index in [0.717, 1.165) is 40.9 Å². The van der Waals surface area contributed by atoms with E-state index in [-0.39, 0.29) is 5.92 Å². The van der Waals surface area contributed by atoms with Crippen molar-refractivity contribution in [2.24, 2.45) is 0 Å². The van der Waals surface area contributed by atoms with Crippen molar-refractivity contribution in [1.29, 1.82) is 0 Å². The number of pyridine rings is 1. The maximum Gasteiger partial charge on any atom is 0.237 e. The molecule has 0 spiro atoms. The Morgan fingerprint density at radius 2 is 1.81 bits per heavy atom. The third-order valence-corrected chi connectivity index (χ3v) is 5.98. The molecule has 7 nitrogen and oxygen atoms in total. The van der Waals surface area contributed by atoms with Gasteiger partial charge < -0.3 is 4.52 Å². The Morgan fingerprint density at radius 1 is 1.03 bits per heavy atom. The Hall–Kier alpha value is -3.00. The van der Waals surface area contributed by atoms with Gasteiger partial charge in [-0.1, -0.05) is 62.8 Å². The molecule has 8 heteroatoms. The van der Waals surface area contributed by atoms with Crippen molar-refractivity contribution in [2.45, 2.75) is 57.4 Å². The van der Waals surface area contributed by atoms with Crippen molar-refractivity contribution in [3.8, 4) is 17.1 Å². The topological polar surface area (TPSA) is 82.5 Å². The van der Waals surface area contributed by atoms with Crippen LogP contribution in [0.3, 0.4) is 0 Å². The third-order valence-electron chi connectivity index (χ3n) is 5.07. The Bertz CT molecular complexity index is 1130. The quantitative estimate of drug-likeness (QED) is 0.350. The molecule has 0 unspecified atom stereocenters. The maximum atomic E-state index is 5.43. The Balaban J connectivity index is 1.79. The number of benzene rings is 1. The van der Waals surface area contributed by atoms with Gasteiger partial charge in [0.05, 0.1) is 11.4 Å². The van der Waals surface area contributed by atoms with Gasteiger partial charge in [-0.05, 0) is 36.1 Å². The normalized spacial score (nSPS) is 11.4. The van der Waals surface area contributed by atoms with E-state index >= 15 is 0 Å². The molecule has 0 atom stereocenters. The molecular weight excluding hydrogens is 408 g/mol. The van der Waals surface area contributed by atoms with E-state index in [1.54, 1.807) is 18.0 Å². The summed E-state index contributed by atoms with van der Waals surface area (Å²) in [7, 11) is 0. The van der Waals surface area contributed by atoms with E-state index in [9.17, 15) is 0 Å². The lowest BCUT2D eigenvalue weighted by molar-refractivity contribution is 0.382. The summed E-state index contributed by atoms with van der Waals surface area (Å²) in [4.78, 5) is 8.78. The number of aryl methyl sites for hydroxylation is 2. The minimum absolute atomic E-state index is 0.229. The minimum Gasteiger partial charge on any atom is -0.338 e. The molecule has 0 aliphatic carbocycles. The van der Waals surface area contributed by atoms with Crippen molar-refractivity contribution < 1.29 is 4.52 Å². The highest BCUT2D eigenvalue weighted by Crippen LogP contribution is 2.33. The Kier molecular flexibility index (Phi) is 6.46. The lowest BCUT2D eigenvalue weighted by Crippen LogP contribution is -2.07. The SMILES string of the molecule is CCc1cccc(CC)c1-n1c(SCc2nc(C(C)C)no2)nnc1-c1cccnc1. The zero-order valence-electron chi connectivity index (χ0n) is 18.2. The fourth-order valence-corrected chi connectivity index (χ4v) is 4.21. The van der Waals surface area contributed by atoms with Crippen LogP contribution in [-0.4, -0.2) is 29.9 Å². The molecule has 0 N–H and O–H groups in total. The lowest BCUT2D eigenvalue weighted by Gasteiger charge is -2.17. The smallest absolute Gasteiger partial charge is 0.237 e. The second-order valence-corrected chi connectivity index (χ2v) is 8.45. The highest BCUT2D eigenvalue weighted by Gasteiger charge is 2.21. The summed E-state index contributed by atoms with van der Waals surface area (Å²) in [5, 5.41) is 13.9.